The Morgan fingerprint density at radius 2 is 0.803 bits per heavy atom. The highest BCUT2D eigenvalue weighted by atomic mass is 31.2. The molecular formula is C61H104NO8P. The van der Waals surface area contributed by atoms with Gasteiger partial charge in [-0.15, -0.1) is 0 Å². The van der Waals surface area contributed by atoms with E-state index in [4.69, 9.17) is 24.3 Å². The molecule has 0 radical (unpaired) electrons. The largest absolute Gasteiger partial charge is 0.472 e. The van der Waals surface area contributed by atoms with E-state index in [1.807, 2.05) is 12.2 Å². The molecule has 71 heavy (non-hydrogen) atoms. The van der Waals surface area contributed by atoms with Crippen LogP contribution in [0.5, 0.6) is 0 Å². The van der Waals surface area contributed by atoms with Crippen molar-refractivity contribution < 1.29 is 37.6 Å². The average molecular weight is 1010 g/mol. The Kier molecular flexibility index (Phi) is 53.3. The molecule has 0 saturated heterocycles. The van der Waals surface area contributed by atoms with Gasteiger partial charge >= 0.3 is 19.8 Å². The van der Waals surface area contributed by atoms with Crippen LogP contribution in [0, 0.1) is 0 Å². The SMILES string of the molecule is CC/C=C\C/C=C\C/C=C\C/C=C\C/C=C\C/C=C\CCC(=O)OC(COC(=O)CCCCCCCCCCCCCCCCCC/C=C\C/C=C\C/C=C\CCCCCCC)COP(=O)(O)OCCN. The van der Waals surface area contributed by atoms with Gasteiger partial charge in [0.2, 0.25) is 0 Å². The number of hydrogen-bond acceptors (Lipinski definition) is 8. The van der Waals surface area contributed by atoms with E-state index in [1.54, 1.807) is 0 Å². The van der Waals surface area contributed by atoms with Crippen LogP contribution in [0.15, 0.2) is 109 Å². The fraction of sp³-hybridized carbons (Fsp3) is 0.672. The first kappa shape index (κ1) is 67.7. The highest BCUT2D eigenvalue weighted by Crippen LogP contribution is 2.43. The van der Waals surface area contributed by atoms with E-state index < -0.39 is 32.5 Å². The number of allylic oxidation sites excluding steroid dienone is 18. The molecule has 0 aliphatic heterocycles. The van der Waals surface area contributed by atoms with Crippen molar-refractivity contribution in [2.45, 2.75) is 238 Å². The molecule has 10 heteroatoms. The molecule has 0 aromatic rings. The quantitative estimate of drug-likeness (QED) is 0.0264. The lowest BCUT2D eigenvalue weighted by Crippen LogP contribution is -2.29. The minimum absolute atomic E-state index is 0.0371. The number of ether oxygens (including phenoxy) is 2. The summed E-state index contributed by atoms with van der Waals surface area (Å²) in [5, 5.41) is 0. The van der Waals surface area contributed by atoms with Gasteiger partial charge in [-0.3, -0.25) is 18.6 Å². The van der Waals surface area contributed by atoms with Gasteiger partial charge in [-0.1, -0.05) is 239 Å². The molecule has 406 valence electrons. The molecule has 0 aromatic carbocycles. The van der Waals surface area contributed by atoms with Crippen molar-refractivity contribution in [1.82, 2.24) is 0 Å². The summed E-state index contributed by atoms with van der Waals surface area (Å²) < 4.78 is 32.9. The third-order valence-corrected chi connectivity index (χ3v) is 12.6. The summed E-state index contributed by atoms with van der Waals surface area (Å²) >= 11 is 0. The lowest BCUT2D eigenvalue weighted by Gasteiger charge is -2.19. The lowest BCUT2D eigenvalue weighted by atomic mass is 10.0. The van der Waals surface area contributed by atoms with Gasteiger partial charge in [-0.2, -0.15) is 0 Å². The van der Waals surface area contributed by atoms with Crippen LogP contribution < -0.4 is 5.73 Å². The number of unbranched alkanes of at least 4 members (excludes halogenated alkanes) is 21. The van der Waals surface area contributed by atoms with E-state index in [0.717, 1.165) is 70.6 Å². The van der Waals surface area contributed by atoms with E-state index >= 15 is 0 Å². The summed E-state index contributed by atoms with van der Waals surface area (Å²) in [6.07, 6.45) is 75.9. The van der Waals surface area contributed by atoms with Gasteiger partial charge in [0.25, 0.3) is 0 Å². The molecule has 2 atom stereocenters. The van der Waals surface area contributed by atoms with Gasteiger partial charge in [-0.25, -0.2) is 4.57 Å². The smallest absolute Gasteiger partial charge is 0.462 e. The second kappa shape index (κ2) is 56.0. The molecule has 0 amide bonds. The summed E-state index contributed by atoms with van der Waals surface area (Å²) in [5.41, 5.74) is 5.37. The maximum absolute atomic E-state index is 12.6. The topological polar surface area (TPSA) is 134 Å². The molecule has 0 spiro atoms. The number of phosphoric ester groups is 1. The Bertz CT molecular complexity index is 1530. The first-order valence-corrected chi connectivity index (χ1v) is 29.9. The molecule has 0 aromatic heterocycles. The number of hydrogen-bond donors (Lipinski definition) is 2. The monoisotopic (exact) mass is 1010 g/mol. The summed E-state index contributed by atoms with van der Waals surface area (Å²) in [4.78, 5) is 35.1. The van der Waals surface area contributed by atoms with Crippen LogP contribution in [0.4, 0.5) is 0 Å². The van der Waals surface area contributed by atoms with Crippen molar-refractivity contribution >= 4 is 19.8 Å². The fourth-order valence-electron chi connectivity index (χ4n) is 7.49. The molecule has 9 nitrogen and oxygen atoms in total. The van der Waals surface area contributed by atoms with Crippen molar-refractivity contribution in [3.05, 3.63) is 109 Å². The fourth-order valence-corrected chi connectivity index (χ4v) is 8.26. The number of carbonyl (C=O) groups excluding carboxylic acids is 2. The van der Waals surface area contributed by atoms with E-state index in [0.29, 0.717) is 6.42 Å². The summed E-state index contributed by atoms with van der Waals surface area (Å²) in [6, 6.07) is 0. The zero-order chi connectivity index (χ0) is 51.7. The number of nitrogens with two attached hydrogens (primary N) is 1. The normalized spacial score (nSPS) is 13.9. The molecule has 0 bridgehead atoms. The molecule has 2 unspecified atom stereocenters. The Morgan fingerprint density at radius 3 is 1.21 bits per heavy atom. The van der Waals surface area contributed by atoms with Crippen molar-refractivity contribution in [2.24, 2.45) is 5.73 Å². The molecule has 0 aliphatic rings. The van der Waals surface area contributed by atoms with Crippen LogP contribution in [0.3, 0.4) is 0 Å². The third-order valence-electron chi connectivity index (χ3n) is 11.7. The minimum Gasteiger partial charge on any atom is -0.462 e. The predicted octanol–water partition coefficient (Wildman–Crippen LogP) is 17.8. The zero-order valence-electron chi connectivity index (χ0n) is 45.2. The Hall–Kier alpha value is -3.33. The van der Waals surface area contributed by atoms with Crippen molar-refractivity contribution in [1.29, 1.82) is 0 Å². The standard InChI is InChI=1S/C61H104NO8P/c1-3-5-7-9-11-13-15-17-19-21-23-24-25-26-27-28-29-30-31-32-33-34-36-37-39-41-43-45-47-49-51-53-60(63)67-57-59(58-69-71(65,66)68-56-55-62)70-61(64)54-52-50-48-46-44-42-40-38-35-22-20-18-16-14-12-10-8-6-4-2/h6,8,12,14-15,17-18,20-21,23,25-26,35,38,42,44,48,50,59H,3-5,7,9-11,13,16,19,22,24,27-34,36-37,39-41,43,45-47,49,51-58,62H2,1-2H3,(H,65,66)/b8-6-,14-12-,17-15-,20-18-,23-21-,26-25-,38-35-,44-42-,50-48-. The van der Waals surface area contributed by atoms with Crippen LogP contribution in [0.2, 0.25) is 0 Å². The maximum Gasteiger partial charge on any atom is 0.472 e. The number of phosphoric acid groups is 1. The van der Waals surface area contributed by atoms with E-state index in [2.05, 4.69) is 111 Å². The number of esters is 2. The lowest BCUT2D eigenvalue weighted by molar-refractivity contribution is -0.161. The molecular weight excluding hydrogens is 906 g/mol. The first-order valence-electron chi connectivity index (χ1n) is 28.4. The summed E-state index contributed by atoms with van der Waals surface area (Å²) in [6.45, 7) is 3.53. The van der Waals surface area contributed by atoms with Gasteiger partial charge in [0.15, 0.2) is 6.10 Å². The maximum atomic E-state index is 12.6. The minimum atomic E-state index is -4.41. The van der Waals surface area contributed by atoms with Gasteiger partial charge in [-0.05, 0) is 89.9 Å². The second-order valence-electron chi connectivity index (χ2n) is 18.4. The van der Waals surface area contributed by atoms with Crippen molar-refractivity contribution in [3.8, 4) is 0 Å². The Labute approximate surface area is 435 Å². The summed E-state index contributed by atoms with van der Waals surface area (Å²) in [7, 11) is -4.41. The summed E-state index contributed by atoms with van der Waals surface area (Å²) in [5.74, 6) is -0.929. The molecule has 0 aliphatic carbocycles. The molecule has 3 N–H and O–H groups in total. The van der Waals surface area contributed by atoms with Crippen LogP contribution in [-0.2, 0) is 32.7 Å². The van der Waals surface area contributed by atoms with Gasteiger partial charge < -0.3 is 20.1 Å². The van der Waals surface area contributed by atoms with E-state index in [-0.39, 0.29) is 32.6 Å². The van der Waals surface area contributed by atoms with Crippen LogP contribution in [0.1, 0.15) is 232 Å². The van der Waals surface area contributed by atoms with Gasteiger partial charge in [0.05, 0.1) is 13.2 Å². The van der Waals surface area contributed by atoms with Crippen LogP contribution in [0.25, 0.3) is 0 Å². The highest BCUT2D eigenvalue weighted by molar-refractivity contribution is 7.47. The molecule has 0 fully saturated rings. The number of carbonyl (C=O) groups is 2. The first-order chi connectivity index (χ1) is 34.8. The second-order valence-corrected chi connectivity index (χ2v) is 19.9. The highest BCUT2D eigenvalue weighted by Gasteiger charge is 2.26. The van der Waals surface area contributed by atoms with Crippen molar-refractivity contribution in [2.75, 3.05) is 26.4 Å². The third kappa shape index (κ3) is 55.8. The predicted molar refractivity (Wildman–Crippen MR) is 302 cm³/mol. The van der Waals surface area contributed by atoms with E-state index in [9.17, 15) is 19.0 Å². The van der Waals surface area contributed by atoms with Gasteiger partial charge in [0.1, 0.15) is 6.61 Å². The Morgan fingerprint density at radius 1 is 0.437 bits per heavy atom. The average Bonchev–Trinajstić information content (AvgIpc) is 3.36. The molecule has 0 rings (SSSR count). The van der Waals surface area contributed by atoms with Crippen LogP contribution in [-0.4, -0.2) is 49.3 Å². The molecule has 0 heterocycles. The van der Waals surface area contributed by atoms with E-state index in [1.165, 1.54) is 128 Å². The van der Waals surface area contributed by atoms with Gasteiger partial charge in [0, 0.05) is 19.4 Å². The Balaban J connectivity index is 4.02. The van der Waals surface area contributed by atoms with Crippen LogP contribution >= 0.6 is 7.82 Å². The zero-order valence-corrected chi connectivity index (χ0v) is 46.1. The number of rotatable bonds is 52. The van der Waals surface area contributed by atoms with Crippen molar-refractivity contribution in [3.63, 3.8) is 0 Å². The molecule has 0 saturated carbocycles.